The molecule has 2 aromatic rings. The number of carbonyl (C=O) groups excluding carboxylic acids is 1. The van der Waals surface area contributed by atoms with Crippen LogP contribution in [0.15, 0.2) is 41.3 Å². The Labute approximate surface area is 187 Å². The van der Waals surface area contributed by atoms with Crippen LogP contribution in [0, 0.1) is 0 Å². The molecule has 2 aromatic carbocycles. The minimum atomic E-state index is -3.75. The Morgan fingerprint density at radius 2 is 1.75 bits per heavy atom. The van der Waals surface area contributed by atoms with Gasteiger partial charge in [-0.3, -0.25) is 4.79 Å². The van der Waals surface area contributed by atoms with E-state index >= 15 is 0 Å². The van der Waals surface area contributed by atoms with E-state index in [1.54, 1.807) is 0 Å². The minimum Gasteiger partial charge on any atom is -0.496 e. The second-order valence-electron chi connectivity index (χ2n) is 7.48. The number of nitrogens with zero attached hydrogens (tertiary/aromatic N) is 1. The van der Waals surface area contributed by atoms with Gasteiger partial charge >= 0.3 is 0 Å². The van der Waals surface area contributed by atoms with Crippen LogP contribution in [0.1, 0.15) is 28.9 Å². The number of hydrogen-bond acceptors (Lipinski definition) is 7. The van der Waals surface area contributed by atoms with Crippen LogP contribution in [-0.4, -0.2) is 65.3 Å². The van der Waals surface area contributed by atoms with Crippen LogP contribution < -0.4 is 19.5 Å². The summed E-state index contributed by atoms with van der Waals surface area (Å²) in [4.78, 5) is 13.1. The number of methoxy groups -OCH3 is 1. The van der Waals surface area contributed by atoms with Gasteiger partial charge in [0.25, 0.3) is 5.91 Å². The zero-order valence-electron chi connectivity index (χ0n) is 18.0. The molecule has 0 spiro atoms. The number of amides is 1. The molecule has 1 amide bonds. The zero-order chi connectivity index (χ0) is 22.7. The molecular formula is C22H26N2O7S. The van der Waals surface area contributed by atoms with Crippen LogP contribution in [-0.2, 0) is 14.8 Å². The predicted octanol–water partition coefficient (Wildman–Crippen LogP) is 1.98. The maximum Gasteiger partial charge on any atom is 0.255 e. The second-order valence-corrected chi connectivity index (χ2v) is 9.41. The Kier molecular flexibility index (Phi) is 6.54. The molecule has 4 rings (SSSR count). The summed E-state index contributed by atoms with van der Waals surface area (Å²) >= 11 is 0. The van der Waals surface area contributed by atoms with Gasteiger partial charge in [-0.05, 0) is 42.8 Å². The van der Waals surface area contributed by atoms with Crippen molar-refractivity contribution in [2.75, 3.05) is 46.6 Å². The molecule has 2 aliphatic heterocycles. The maximum absolute atomic E-state index is 13.1. The van der Waals surface area contributed by atoms with Crippen LogP contribution in [0.2, 0.25) is 0 Å². The summed E-state index contributed by atoms with van der Waals surface area (Å²) in [5.41, 5.74) is 0.977. The highest BCUT2D eigenvalue weighted by Crippen LogP contribution is 2.33. The maximum atomic E-state index is 13.1. The lowest BCUT2D eigenvalue weighted by molar-refractivity contribution is 0.0730. The predicted molar refractivity (Wildman–Crippen MR) is 116 cm³/mol. The van der Waals surface area contributed by atoms with Crippen molar-refractivity contribution in [3.8, 4) is 17.2 Å². The van der Waals surface area contributed by atoms with Gasteiger partial charge in [-0.25, -0.2) is 8.42 Å². The molecule has 32 heavy (non-hydrogen) atoms. The largest absolute Gasteiger partial charge is 0.496 e. The molecule has 0 aromatic heterocycles. The number of sulfonamides is 1. The normalized spacial score (nSPS) is 17.4. The van der Waals surface area contributed by atoms with E-state index in [4.69, 9.17) is 18.9 Å². The molecule has 9 nitrogen and oxygen atoms in total. The van der Waals surface area contributed by atoms with Crippen molar-refractivity contribution in [1.82, 2.24) is 9.62 Å². The van der Waals surface area contributed by atoms with Gasteiger partial charge in [0.1, 0.15) is 19.0 Å². The lowest BCUT2D eigenvalue weighted by Gasteiger charge is -2.26. The molecule has 2 aliphatic rings. The fourth-order valence-corrected chi connectivity index (χ4v) is 5.08. The molecule has 1 fully saturated rings. The highest BCUT2D eigenvalue weighted by atomic mass is 32.2. The summed E-state index contributed by atoms with van der Waals surface area (Å²) in [6.07, 6.45) is 0. The third-order valence-corrected chi connectivity index (χ3v) is 7.33. The highest BCUT2D eigenvalue weighted by molar-refractivity contribution is 7.89. The van der Waals surface area contributed by atoms with Crippen molar-refractivity contribution in [2.24, 2.45) is 0 Å². The molecule has 1 saturated heterocycles. The first-order valence-corrected chi connectivity index (χ1v) is 11.8. The van der Waals surface area contributed by atoms with Gasteiger partial charge < -0.3 is 24.3 Å². The number of fused-ring (bicyclic) bond motifs is 1. The monoisotopic (exact) mass is 462 g/mol. The van der Waals surface area contributed by atoms with E-state index in [1.165, 1.54) is 29.6 Å². The summed E-state index contributed by atoms with van der Waals surface area (Å²) < 4.78 is 49.1. The first-order valence-electron chi connectivity index (χ1n) is 10.4. The number of ether oxygens (including phenoxy) is 4. The van der Waals surface area contributed by atoms with E-state index in [9.17, 15) is 13.2 Å². The van der Waals surface area contributed by atoms with Crippen molar-refractivity contribution >= 4 is 15.9 Å². The topological polar surface area (TPSA) is 103 Å². The van der Waals surface area contributed by atoms with Crippen LogP contribution in [0.5, 0.6) is 17.2 Å². The summed E-state index contributed by atoms with van der Waals surface area (Å²) in [6, 6.07) is 9.44. The zero-order valence-corrected chi connectivity index (χ0v) is 18.8. The molecule has 2 heterocycles. The molecule has 0 saturated carbocycles. The molecule has 10 heteroatoms. The van der Waals surface area contributed by atoms with Gasteiger partial charge in [-0.15, -0.1) is 0 Å². The Morgan fingerprint density at radius 1 is 1.03 bits per heavy atom. The Hall–Kier alpha value is -2.82. The van der Waals surface area contributed by atoms with Crippen LogP contribution in [0.4, 0.5) is 0 Å². The second kappa shape index (κ2) is 9.35. The standard InChI is InChI=1S/C22H26N2O7S/c1-15(16-3-5-20-21(13-16)31-12-11-30-20)23-22(25)18-14-17(4-6-19(18)28-2)32(26,27)24-7-9-29-10-8-24/h3-6,13-15H,7-12H2,1-2H3,(H,23,25)/t15-/m0/s1. The van der Waals surface area contributed by atoms with Crippen LogP contribution in [0.25, 0.3) is 0 Å². The number of carbonyl (C=O) groups is 1. The van der Waals surface area contributed by atoms with Gasteiger partial charge in [0.2, 0.25) is 10.0 Å². The van der Waals surface area contributed by atoms with E-state index < -0.39 is 15.9 Å². The van der Waals surface area contributed by atoms with E-state index in [-0.39, 0.29) is 35.3 Å². The van der Waals surface area contributed by atoms with E-state index in [0.717, 1.165) is 5.56 Å². The van der Waals surface area contributed by atoms with Crippen molar-refractivity contribution in [2.45, 2.75) is 17.9 Å². The van der Waals surface area contributed by atoms with Crippen molar-refractivity contribution in [3.05, 3.63) is 47.5 Å². The average molecular weight is 463 g/mol. The van der Waals surface area contributed by atoms with Gasteiger partial charge in [0, 0.05) is 13.1 Å². The molecule has 0 radical (unpaired) electrons. The number of benzene rings is 2. The first kappa shape index (κ1) is 22.4. The minimum absolute atomic E-state index is 0.0392. The lowest BCUT2D eigenvalue weighted by atomic mass is 10.1. The number of rotatable bonds is 6. The first-order chi connectivity index (χ1) is 15.4. The number of morpholine rings is 1. The van der Waals surface area contributed by atoms with Crippen molar-refractivity contribution in [3.63, 3.8) is 0 Å². The quantitative estimate of drug-likeness (QED) is 0.700. The van der Waals surface area contributed by atoms with Crippen molar-refractivity contribution < 1.29 is 32.2 Å². The number of nitrogens with one attached hydrogen (secondary N) is 1. The van der Waals surface area contributed by atoms with Gasteiger partial charge in [0.15, 0.2) is 11.5 Å². The summed E-state index contributed by atoms with van der Waals surface area (Å²) in [5, 5.41) is 2.91. The third kappa shape index (κ3) is 4.52. The summed E-state index contributed by atoms with van der Waals surface area (Å²) in [6.45, 7) is 4.05. The molecule has 0 bridgehead atoms. The SMILES string of the molecule is COc1ccc(S(=O)(=O)N2CCOCC2)cc1C(=O)N[C@@H](C)c1ccc2c(c1)OCCO2. The van der Waals surface area contributed by atoms with E-state index in [1.807, 2.05) is 25.1 Å². The van der Waals surface area contributed by atoms with Crippen molar-refractivity contribution in [1.29, 1.82) is 0 Å². The Balaban J connectivity index is 1.56. The molecule has 1 N–H and O–H groups in total. The van der Waals surface area contributed by atoms with E-state index in [0.29, 0.717) is 37.9 Å². The van der Waals surface area contributed by atoms with Crippen LogP contribution >= 0.6 is 0 Å². The van der Waals surface area contributed by atoms with Gasteiger partial charge in [-0.2, -0.15) is 4.31 Å². The molecule has 1 atom stereocenters. The van der Waals surface area contributed by atoms with Gasteiger partial charge in [-0.1, -0.05) is 6.07 Å². The Morgan fingerprint density at radius 3 is 2.47 bits per heavy atom. The molecule has 0 unspecified atom stereocenters. The lowest BCUT2D eigenvalue weighted by Crippen LogP contribution is -2.40. The third-order valence-electron chi connectivity index (χ3n) is 5.44. The molecular weight excluding hydrogens is 436 g/mol. The average Bonchev–Trinajstić information content (AvgIpc) is 2.83. The summed E-state index contributed by atoms with van der Waals surface area (Å²) in [7, 11) is -2.31. The van der Waals surface area contributed by atoms with Crippen LogP contribution in [0.3, 0.4) is 0 Å². The smallest absolute Gasteiger partial charge is 0.255 e. The highest BCUT2D eigenvalue weighted by Gasteiger charge is 2.28. The summed E-state index contributed by atoms with van der Waals surface area (Å²) in [5.74, 6) is 1.15. The number of hydrogen-bond donors (Lipinski definition) is 1. The van der Waals surface area contributed by atoms with E-state index in [2.05, 4.69) is 5.32 Å². The fourth-order valence-electron chi connectivity index (χ4n) is 3.65. The fraction of sp³-hybridized carbons (Fsp3) is 0.409. The molecule has 0 aliphatic carbocycles. The van der Waals surface area contributed by atoms with Gasteiger partial charge in [0.05, 0.1) is 36.8 Å². The molecule has 172 valence electrons. The Bertz CT molecular complexity index is 1100.